The fraction of sp³-hybridized carbons (Fsp3) is 0.462. The Labute approximate surface area is 121 Å². The number of piperazine rings is 1. The van der Waals surface area contributed by atoms with Crippen molar-refractivity contribution in [3.63, 3.8) is 0 Å². The fourth-order valence-corrected chi connectivity index (χ4v) is 2.80. The third-order valence-corrected chi connectivity index (χ3v) is 4.23. The van der Waals surface area contributed by atoms with Gasteiger partial charge in [0.1, 0.15) is 0 Å². The second kappa shape index (κ2) is 5.59. The lowest BCUT2D eigenvalue weighted by Crippen LogP contribution is -2.55. The Morgan fingerprint density at radius 1 is 1.39 bits per heavy atom. The molecule has 2 rings (SSSR count). The van der Waals surface area contributed by atoms with E-state index < -0.39 is 0 Å². The van der Waals surface area contributed by atoms with Crippen LogP contribution < -0.4 is 5.32 Å². The Hall–Kier alpha value is -0.580. The van der Waals surface area contributed by atoms with Gasteiger partial charge in [-0.3, -0.25) is 4.79 Å². The average Bonchev–Trinajstić information content (AvgIpc) is 2.30. The maximum atomic E-state index is 12.4. The normalized spacial score (nSPS) is 24.1. The first-order valence-corrected chi connectivity index (χ1v) is 7.15. The highest BCUT2D eigenvalue weighted by atomic mass is 79.9. The van der Waals surface area contributed by atoms with Crippen LogP contribution in [-0.4, -0.2) is 36.0 Å². The largest absolute Gasteiger partial charge is 0.336 e. The number of halogens is 2. The molecule has 5 heteroatoms. The van der Waals surface area contributed by atoms with E-state index in [1.807, 2.05) is 4.90 Å². The van der Waals surface area contributed by atoms with E-state index in [0.717, 1.165) is 17.6 Å². The van der Waals surface area contributed by atoms with Crippen molar-refractivity contribution >= 4 is 33.4 Å². The van der Waals surface area contributed by atoms with Crippen molar-refractivity contribution in [1.82, 2.24) is 10.2 Å². The molecule has 98 valence electrons. The molecule has 1 heterocycles. The van der Waals surface area contributed by atoms with Gasteiger partial charge in [0.25, 0.3) is 5.91 Å². The first-order valence-electron chi connectivity index (χ1n) is 5.97. The third-order valence-electron chi connectivity index (χ3n) is 3.01. The van der Waals surface area contributed by atoms with Crippen molar-refractivity contribution in [2.45, 2.75) is 25.9 Å². The van der Waals surface area contributed by atoms with Gasteiger partial charge in [0.15, 0.2) is 0 Å². The highest BCUT2D eigenvalue weighted by Crippen LogP contribution is 2.24. The van der Waals surface area contributed by atoms with Crippen LogP contribution in [-0.2, 0) is 0 Å². The summed E-state index contributed by atoms with van der Waals surface area (Å²) in [6.07, 6.45) is 0. The minimum Gasteiger partial charge on any atom is -0.336 e. The lowest BCUT2D eigenvalue weighted by atomic mass is 10.1. The summed E-state index contributed by atoms with van der Waals surface area (Å²) in [5.74, 6) is 0.0626. The molecule has 0 saturated carbocycles. The van der Waals surface area contributed by atoms with Crippen molar-refractivity contribution in [1.29, 1.82) is 0 Å². The number of benzene rings is 1. The Morgan fingerprint density at radius 3 is 2.56 bits per heavy atom. The molecule has 1 fully saturated rings. The number of carbonyl (C=O) groups excluding carboxylic acids is 1. The van der Waals surface area contributed by atoms with Crippen LogP contribution >= 0.6 is 27.5 Å². The minimum atomic E-state index is 0.0626. The highest BCUT2D eigenvalue weighted by molar-refractivity contribution is 9.10. The van der Waals surface area contributed by atoms with Crippen molar-refractivity contribution in [3.05, 3.63) is 33.3 Å². The fourth-order valence-electron chi connectivity index (χ4n) is 2.30. The average molecular weight is 332 g/mol. The first-order chi connectivity index (χ1) is 8.47. The van der Waals surface area contributed by atoms with Crippen LogP contribution in [0.5, 0.6) is 0 Å². The molecule has 0 spiro atoms. The molecule has 1 amide bonds. The lowest BCUT2D eigenvalue weighted by molar-refractivity contribution is 0.0673. The molecule has 1 aromatic rings. The summed E-state index contributed by atoms with van der Waals surface area (Å²) in [7, 11) is 0. The van der Waals surface area contributed by atoms with Crippen LogP contribution in [0.4, 0.5) is 0 Å². The van der Waals surface area contributed by atoms with E-state index >= 15 is 0 Å². The Morgan fingerprint density at radius 2 is 2.00 bits per heavy atom. The van der Waals surface area contributed by atoms with E-state index in [0.29, 0.717) is 22.7 Å². The van der Waals surface area contributed by atoms with Crippen LogP contribution in [0.15, 0.2) is 22.7 Å². The first kappa shape index (κ1) is 13.8. The number of hydrogen-bond acceptors (Lipinski definition) is 2. The molecule has 0 aliphatic carbocycles. The van der Waals surface area contributed by atoms with Gasteiger partial charge in [0.2, 0.25) is 0 Å². The minimum absolute atomic E-state index is 0.0626. The van der Waals surface area contributed by atoms with Gasteiger partial charge in [0, 0.05) is 35.2 Å². The molecule has 3 nitrogen and oxygen atoms in total. The molecule has 1 N–H and O–H groups in total. The highest BCUT2D eigenvalue weighted by Gasteiger charge is 2.25. The van der Waals surface area contributed by atoms with Gasteiger partial charge in [0.05, 0.1) is 5.02 Å². The number of nitrogens with one attached hydrogen (secondary N) is 1. The maximum Gasteiger partial charge on any atom is 0.254 e. The SMILES string of the molecule is CC1CN(C(=O)c2ccc(Cl)c(Br)c2)CC(C)N1. The number of nitrogens with zero attached hydrogens (tertiary/aromatic N) is 1. The van der Waals surface area contributed by atoms with Crippen molar-refractivity contribution < 1.29 is 4.79 Å². The monoisotopic (exact) mass is 330 g/mol. The zero-order valence-corrected chi connectivity index (χ0v) is 12.8. The van der Waals surface area contributed by atoms with Crippen molar-refractivity contribution in [3.8, 4) is 0 Å². The molecule has 2 atom stereocenters. The second-order valence-electron chi connectivity index (χ2n) is 4.81. The van der Waals surface area contributed by atoms with Gasteiger partial charge in [-0.25, -0.2) is 0 Å². The molecule has 1 aliphatic rings. The molecule has 1 aromatic carbocycles. The molecule has 2 unspecified atom stereocenters. The third kappa shape index (κ3) is 3.05. The maximum absolute atomic E-state index is 12.4. The molecule has 1 saturated heterocycles. The number of hydrogen-bond donors (Lipinski definition) is 1. The smallest absolute Gasteiger partial charge is 0.254 e. The van der Waals surface area contributed by atoms with Gasteiger partial charge in [-0.05, 0) is 48.0 Å². The molecular weight excluding hydrogens is 316 g/mol. The Balaban J connectivity index is 2.17. The summed E-state index contributed by atoms with van der Waals surface area (Å²) in [4.78, 5) is 14.3. The van der Waals surface area contributed by atoms with Crippen LogP contribution in [0.3, 0.4) is 0 Å². The topological polar surface area (TPSA) is 32.3 Å². The summed E-state index contributed by atoms with van der Waals surface area (Å²) < 4.78 is 0.756. The van der Waals surface area contributed by atoms with E-state index in [1.165, 1.54) is 0 Å². The van der Waals surface area contributed by atoms with E-state index in [2.05, 4.69) is 35.1 Å². The summed E-state index contributed by atoms with van der Waals surface area (Å²) in [5, 5.41) is 4.03. The van der Waals surface area contributed by atoms with E-state index in [1.54, 1.807) is 18.2 Å². The molecule has 0 bridgehead atoms. The van der Waals surface area contributed by atoms with E-state index in [9.17, 15) is 4.79 Å². The predicted molar refractivity (Wildman–Crippen MR) is 77.1 cm³/mol. The zero-order chi connectivity index (χ0) is 13.3. The molecular formula is C13H16BrClN2O. The Bertz CT molecular complexity index is 456. The molecule has 18 heavy (non-hydrogen) atoms. The second-order valence-corrected chi connectivity index (χ2v) is 6.07. The summed E-state index contributed by atoms with van der Waals surface area (Å²) in [6.45, 7) is 5.66. The van der Waals surface area contributed by atoms with Crippen LogP contribution in [0.25, 0.3) is 0 Å². The van der Waals surface area contributed by atoms with Gasteiger partial charge in [-0.2, -0.15) is 0 Å². The number of rotatable bonds is 1. The van der Waals surface area contributed by atoms with Gasteiger partial charge in [-0.1, -0.05) is 11.6 Å². The Kier molecular flexibility index (Phi) is 4.30. The van der Waals surface area contributed by atoms with Gasteiger partial charge >= 0.3 is 0 Å². The summed E-state index contributed by atoms with van der Waals surface area (Å²) in [6, 6.07) is 5.95. The molecule has 0 radical (unpaired) electrons. The summed E-state index contributed by atoms with van der Waals surface area (Å²) >= 11 is 9.28. The van der Waals surface area contributed by atoms with Gasteiger partial charge in [-0.15, -0.1) is 0 Å². The summed E-state index contributed by atoms with van der Waals surface area (Å²) in [5.41, 5.74) is 0.674. The molecule has 1 aliphatic heterocycles. The van der Waals surface area contributed by atoms with Crippen molar-refractivity contribution in [2.75, 3.05) is 13.1 Å². The van der Waals surface area contributed by atoms with E-state index in [-0.39, 0.29) is 5.91 Å². The van der Waals surface area contributed by atoms with Crippen LogP contribution in [0, 0.1) is 0 Å². The van der Waals surface area contributed by atoms with Crippen molar-refractivity contribution in [2.24, 2.45) is 0 Å². The van der Waals surface area contributed by atoms with E-state index in [4.69, 9.17) is 11.6 Å². The van der Waals surface area contributed by atoms with Gasteiger partial charge < -0.3 is 10.2 Å². The predicted octanol–water partition coefficient (Wildman–Crippen LogP) is 2.92. The number of amides is 1. The van der Waals surface area contributed by atoms with Crippen LogP contribution in [0.1, 0.15) is 24.2 Å². The standard InChI is InChI=1S/C13H16BrClN2O/c1-8-6-17(7-9(2)16-8)13(18)10-3-4-12(15)11(14)5-10/h3-5,8-9,16H,6-7H2,1-2H3. The molecule has 0 aromatic heterocycles. The zero-order valence-electron chi connectivity index (χ0n) is 10.4. The quantitative estimate of drug-likeness (QED) is 0.858. The lowest BCUT2D eigenvalue weighted by Gasteiger charge is -2.36. The number of carbonyl (C=O) groups is 1. The van der Waals surface area contributed by atoms with Crippen LogP contribution in [0.2, 0.25) is 5.02 Å².